The molecule has 3 amide bonds. The van der Waals surface area contributed by atoms with Crippen molar-refractivity contribution in [1.29, 1.82) is 0 Å². The number of alkyl halides is 3. The fourth-order valence-corrected chi connectivity index (χ4v) is 3.06. The summed E-state index contributed by atoms with van der Waals surface area (Å²) in [7, 11) is 0. The van der Waals surface area contributed by atoms with Crippen LogP contribution >= 0.6 is 0 Å². The van der Waals surface area contributed by atoms with E-state index < -0.39 is 29.2 Å². The van der Waals surface area contributed by atoms with Gasteiger partial charge in [0.15, 0.2) is 5.76 Å². The van der Waals surface area contributed by atoms with Crippen LogP contribution in [0.15, 0.2) is 65.3 Å². The van der Waals surface area contributed by atoms with E-state index >= 15 is 0 Å². The summed E-state index contributed by atoms with van der Waals surface area (Å²) in [6.45, 7) is 0. The largest absolute Gasteiger partial charge is 0.459 e. The van der Waals surface area contributed by atoms with Crippen molar-refractivity contribution >= 4 is 34.8 Å². The molecule has 0 unspecified atom stereocenters. The highest BCUT2D eigenvalue weighted by Gasteiger charge is 2.34. The number of rotatable bonds is 6. The second kappa shape index (κ2) is 8.81. The van der Waals surface area contributed by atoms with E-state index in [-0.39, 0.29) is 28.8 Å². The first-order valence-corrected chi connectivity index (χ1v) is 9.99. The Morgan fingerprint density at radius 3 is 2.15 bits per heavy atom. The lowest BCUT2D eigenvalue weighted by Crippen LogP contribution is -2.18. The van der Waals surface area contributed by atoms with E-state index in [1.807, 2.05) is 0 Å². The van der Waals surface area contributed by atoms with Gasteiger partial charge in [-0.15, -0.1) is 0 Å². The van der Waals surface area contributed by atoms with Gasteiger partial charge in [0, 0.05) is 22.9 Å². The van der Waals surface area contributed by atoms with Crippen LogP contribution in [0.3, 0.4) is 0 Å². The molecule has 3 N–H and O–H groups in total. The van der Waals surface area contributed by atoms with Crippen molar-refractivity contribution in [2.24, 2.45) is 5.92 Å². The Morgan fingerprint density at radius 2 is 1.55 bits per heavy atom. The first kappa shape index (κ1) is 22.1. The summed E-state index contributed by atoms with van der Waals surface area (Å²) in [6, 6.07) is 11.7. The van der Waals surface area contributed by atoms with E-state index in [4.69, 9.17) is 4.42 Å². The molecule has 1 saturated carbocycles. The Kier molecular flexibility index (Phi) is 5.91. The highest BCUT2D eigenvalue weighted by molar-refractivity contribution is 6.06. The lowest BCUT2D eigenvalue weighted by Gasteiger charge is -2.16. The van der Waals surface area contributed by atoms with Crippen LogP contribution in [-0.4, -0.2) is 17.7 Å². The summed E-state index contributed by atoms with van der Waals surface area (Å²) in [6.07, 6.45) is -1.83. The lowest BCUT2D eigenvalue weighted by atomic mass is 10.1. The minimum Gasteiger partial charge on any atom is -0.459 e. The highest BCUT2D eigenvalue weighted by Crippen LogP contribution is 2.37. The molecule has 0 spiro atoms. The Labute approximate surface area is 186 Å². The number of amides is 3. The van der Waals surface area contributed by atoms with Crippen molar-refractivity contribution in [3.63, 3.8) is 0 Å². The third kappa shape index (κ3) is 5.40. The zero-order valence-electron chi connectivity index (χ0n) is 17.0. The number of nitrogens with one attached hydrogen (secondary N) is 3. The third-order valence-corrected chi connectivity index (χ3v) is 4.94. The van der Waals surface area contributed by atoms with Crippen LogP contribution in [0.1, 0.15) is 39.3 Å². The van der Waals surface area contributed by atoms with Crippen molar-refractivity contribution in [3.05, 3.63) is 77.7 Å². The molecule has 0 aliphatic heterocycles. The molecular weight excluding hydrogens is 439 g/mol. The summed E-state index contributed by atoms with van der Waals surface area (Å²) in [4.78, 5) is 36.4. The summed E-state index contributed by atoms with van der Waals surface area (Å²) < 4.78 is 45.8. The van der Waals surface area contributed by atoms with Crippen LogP contribution in [0, 0.1) is 5.92 Å². The number of halogens is 3. The Bertz CT molecular complexity index is 1180. The minimum absolute atomic E-state index is 0.0144. The Morgan fingerprint density at radius 1 is 0.848 bits per heavy atom. The average molecular weight is 457 g/mol. The summed E-state index contributed by atoms with van der Waals surface area (Å²) in [5.74, 6) is -1.61. The summed E-state index contributed by atoms with van der Waals surface area (Å²) in [5, 5.41) is 7.30. The van der Waals surface area contributed by atoms with Gasteiger partial charge >= 0.3 is 6.18 Å². The summed E-state index contributed by atoms with van der Waals surface area (Å²) >= 11 is 0. The van der Waals surface area contributed by atoms with Gasteiger partial charge in [-0.05, 0) is 67.4 Å². The van der Waals surface area contributed by atoms with Crippen LogP contribution in [0.5, 0.6) is 0 Å². The third-order valence-electron chi connectivity index (χ3n) is 4.94. The number of hydrogen-bond donors (Lipinski definition) is 3. The van der Waals surface area contributed by atoms with Crippen LogP contribution in [0.25, 0.3) is 0 Å². The zero-order chi connectivity index (χ0) is 23.6. The molecule has 170 valence electrons. The molecule has 2 aromatic carbocycles. The standard InChI is InChI=1S/C23H18F3N3O4/c24-23(25,26)17-12-16(28-22(32)19-2-1-11-33-19)9-10-18(17)29-21(31)14-5-7-15(8-6-14)27-20(30)13-3-4-13/h1-2,5-13H,3-4H2,(H,27,30)(H,28,32)(H,29,31). The molecule has 0 saturated heterocycles. The van der Waals surface area contributed by atoms with E-state index in [0.717, 1.165) is 25.0 Å². The number of carbonyl (C=O) groups is 3. The second-order valence-electron chi connectivity index (χ2n) is 7.48. The summed E-state index contributed by atoms with van der Waals surface area (Å²) in [5.41, 5.74) is -1.09. The molecule has 3 aromatic rings. The maximum Gasteiger partial charge on any atom is 0.418 e. The smallest absolute Gasteiger partial charge is 0.418 e. The highest BCUT2D eigenvalue weighted by atomic mass is 19.4. The van der Waals surface area contributed by atoms with Gasteiger partial charge in [0.2, 0.25) is 5.91 Å². The fraction of sp³-hybridized carbons (Fsp3) is 0.174. The molecule has 1 aromatic heterocycles. The van der Waals surface area contributed by atoms with Crippen molar-refractivity contribution in [2.75, 3.05) is 16.0 Å². The second-order valence-corrected chi connectivity index (χ2v) is 7.48. The first-order chi connectivity index (χ1) is 15.7. The monoisotopic (exact) mass is 457 g/mol. The molecule has 0 radical (unpaired) electrons. The van der Waals surface area contributed by atoms with Crippen molar-refractivity contribution in [2.45, 2.75) is 19.0 Å². The molecule has 1 aliphatic rings. The van der Waals surface area contributed by atoms with Gasteiger partial charge in [0.05, 0.1) is 17.5 Å². The van der Waals surface area contributed by atoms with Gasteiger partial charge in [-0.25, -0.2) is 0 Å². The van der Waals surface area contributed by atoms with Crippen LogP contribution < -0.4 is 16.0 Å². The van der Waals surface area contributed by atoms with E-state index in [9.17, 15) is 27.6 Å². The molecule has 1 heterocycles. The van der Waals surface area contributed by atoms with Crippen LogP contribution in [0.4, 0.5) is 30.2 Å². The maximum atomic E-state index is 13.6. The zero-order valence-corrected chi connectivity index (χ0v) is 17.0. The number of furan rings is 1. The first-order valence-electron chi connectivity index (χ1n) is 9.99. The number of hydrogen-bond acceptors (Lipinski definition) is 4. The fourth-order valence-electron chi connectivity index (χ4n) is 3.06. The van der Waals surface area contributed by atoms with Gasteiger partial charge < -0.3 is 20.4 Å². The number of benzene rings is 2. The lowest BCUT2D eigenvalue weighted by molar-refractivity contribution is -0.136. The predicted molar refractivity (Wildman–Crippen MR) is 114 cm³/mol. The minimum atomic E-state index is -4.79. The van der Waals surface area contributed by atoms with E-state index in [1.165, 1.54) is 48.7 Å². The van der Waals surface area contributed by atoms with Crippen molar-refractivity contribution in [1.82, 2.24) is 0 Å². The normalized spacial score (nSPS) is 13.3. The molecule has 4 rings (SSSR count). The quantitative estimate of drug-likeness (QED) is 0.477. The molecule has 0 bridgehead atoms. The molecule has 1 aliphatic carbocycles. The van der Waals surface area contributed by atoms with Gasteiger partial charge in [-0.1, -0.05) is 0 Å². The molecule has 1 fully saturated rings. The average Bonchev–Trinajstić information content (AvgIpc) is 3.48. The molecule has 0 atom stereocenters. The van der Waals surface area contributed by atoms with Gasteiger partial charge in [-0.2, -0.15) is 13.2 Å². The SMILES string of the molecule is O=C(Nc1ccc(NC(=O)c2ccco2)cc1C(F)(F)F)c1ccc(NC(=O)C2CC2)cc1. The maximum absolute atomic E-state index is 13.6. The number of anilines is 3. The van der Waals surface area contributed by atoms with Crippen molar-refractivity contribution in [3.8, 4) is 0 Å². The van der Waals surface area contributed by atoms with E-state index in [2.05, 4.69) is 16.0 Å². The van der Waals surface area contributed by atoms with E-state index in [0.29, 0.717) is 5.69 Å². The predicted octanol–water partition coefficient (Wildman–Crippen LogP) is 5.15. The van der Waals surface area contributed by atoms with Gasteiger partial charge in [0.1, 0.15) is 0 Å². The van der Waals surface area contributed by atoms with Gasteiger partial charge in [-0.3, -0.25) is 14.4 Å². The topological polar surface area (TPSA) is 100 Å². The van der Waals surface area contributed by atoms with Crippen LogP contribution in [0.2, 0.25) is 0 Å². The molecular formula is C23H18F3N3O4. The Hall–Kier alpha value is -4.08. The van der Waals surface area contributed by atoms with Crippen molar-refractivity contribution < 1.29 is 32.0 Å². The molecule has 10 heteroatoms. The number of carbonyl (C=O) groups excluding carboxylic acids is 3. The van der Waals surface area contributed by atoms with E-state index in [1.54, 1.807) is 0 Å². The molecule has 33 heavy (non-hydrogen) atoms. The Balaban J connectivity index is 1.48. The molecule has 7 nitrogen and oxygen atoms in total. The van der Waals surface area contributed by atoms with Crippen LogP contribution in [-0.2, 0) is 11.0 Å². The van der Waals surface area contributed by atoms with Gasteiger partial charge in [0.25, 0.3) is 11.8 Å².